The summed E-state index contributed by atoms with van der Waals surface area (Å²) in [6.45, 7) is 0.612. The second kappa shape index (κ2) is 7.91. The molecule has 2 aliphatic rings. The molecule has 0 bridgehead atoms. The van der Waals surface area contributed by atoms with Crippen molar-refractivity contribution in [3.8, 4) is 6.01 Å². The quantitative estimate of drug-likeness (QED) is 0.643. The Morgan fingerprint density at radius 3 is 2.79 bits per heavy atom. The van der Waals surface area contributed by atoms with Gasteiger partial charge >= 0.3 is 0 Å². The number of benzene rings is 1. The molecule has 0 radical (unpaired) electrons. The van der Waals surface area contributed by atoms with Crippen molar-refractivity contribution in [3.63, 3.8) is 0 Å². The summed E-state index contributed by atoms with van der Waals surface area (Å²) in [7, 11) is 0. The van der Waals surface area contributed by atoms with Gasteiger partial charge in [-0.3, -0.25) is 0 Å². The van der Waals surface area contributed by atoms with E-state index in [1.165, 1.54) is 5.56 Å². The molecule has 2 aromatic heterocycles. The standard InChI is InChI=1S/C21H22ClN3O4/c22-13-9-15-20(23-14(13)8-4-7-12-5-2-1-3-6-12)25-21(24-15)29-17-11-28-18-16(26)10-27-19(17)18/h1-3,5-6,9,16-19,26H,4,7-8,10-11H2,(H,23,24,25)/t16-,17-,18-,19-/m1/s1. The fraction of sp³-hybridized carbons (Fsp3) is 0.429. The average Bonchev–Trinajstić information content (AvgIpc) is 3.40. The van der Waals surface area contributed by atoms with Gasteiger partial charge in [-0.1, -0.05) is 41.9 Å². The Balaban J connectivity index is 1.27. The van der Waals surface area contributed by atoms with E-state index < -0.39 is 6.10 Å². The third-order valence-corrected chi connectivity index (χ3v) is 5.77. The number of halogens is 1. The lowest BCUT2D eigenvalue weighted by atomic mass is 10.1. The van der Waals surface area contributed by atoms with Crippen molar-refractivity contribution >= 4 is 22.8 Å². The third-order valence-electron chi connectivity index (χ3n) is 5.44. The lowest BCUT2D eigenvalue weighted by Crippen LogP contribution is -2.34. The summed E-state index contributed by atoms with van der Waals surface area (Å²) in [5.41, 5.74) is 3.43. The zero-order valence-electron chi connectivity index (χ0n) is 15.8. The van der Waals surface area contributed by atoms with E-state index in [1.807, 2.05) is 24.3 Å². The molecule has 152 valence electrons. The minimum Gasteiger partial charge on any atom is -0.456 e. The molecule has 4 heterocycles. The average molecular weight is 416 g/mol. The molecule has 0 spiro atoms. The van der Waals surface area contributed by atoms with Gasteiger partial charge in [0.1, 0.15) is 18.3 Å². The van der Waals surface area contributed by atoms with E-state index in [-0.39, 0.29) is 24.9 Å². The van der Waals surface area contributed by atoms with Crippen LogP contribution >= 0.6 is 11.6 Å². The number of rotatable bonds is 6. The van der Waals surface area contributed by atoms with Gasteiger partial charge in [-0.15, -0.1) is 0 Å². The predicted molar refractivity (Wildman–Crippen MR) is 107 cm³/mol. The van der Waals surface area contributed by atoms with Gasteiger partial charge in [-0.25, -0.2) is 4.98 Å². The van der Waals surface area contributed by atoms with E-state index >= 15 is 0 Å². The van der Waals surface area contributed by atoms with Gasteiger partial charge in [0.25, 0.3) is 6.01 Å². The number of imidazole rings is 1. The van der Waals surface area contributed by atoms with Gasteiger partial charge in [0, 0.05) is 0 Å². The highest BCUT2D eigenvalue weighted by Crippen LogP contribution is 2.30. The highest BCUT2D eigenvalue weighted by Gasteiger charge is 2.48. The Kier molecular flexibility index (Phi) is 5.13. The summed E-state index contributed by atoms with van der Waals surface area (Å²) in [5, 5.41) is 10.5. The maximum absolute atomic E-state index is 9.85. The first kappa shape index (κ1) is 18.8. The molecule has 4 atom stereocenters. The Labute approximate surface area is 173 Å². The lowest BCUT2D eigenvalue weighted by molar-refractivity contribution is 0.00706. The largest absolute Gasteiger partial charge is 0.456 e. The fourth-order valence-electron chi connectivity index (χ4n) is 3.96. The Morgan fingerprint density at radius 1 is 1.10 bits per heavy atom. The molecule has 0 unspecified atom stereocenters. The summed E-state index contributed by atoms with van der Waals surface area (Å²) in [5.74, 6) is 0. The van der Waals surface area contributed by atoms with Crippen LogP contribution < -0.4 is 4.74 Å². The highest BCUT2D eigenvalue weighted by atomic mass is 35.5. The summed E-state index contributed by atoms with van der Waals surface area (Å²) in [6.07, 6.45) is 1.15. The number of nitrogens with zero attached hydrogens (tertiary/aromatic N) is 2. The van der Waals surface area contributed by atoms with Crippen molar-refractivity contribution in [1.29, 1.82) is 0 Å². The first-order chi connectivity index (χ1) is 14.2. The summed E-state index contributed by atoms with van der Waals surface area (Å²) >= 11 is 6.43. The van der Waals surface area contributed by atoms with E-state index in [4.69, 9.17) is 25.8 Å². The van der Waals surface area contributed by atoms with Crippen molar-refractivity contribution in [3.05, 3.63) is 52.7 Å². The Bertz CT molecular complexity index is 996. The van der Waals surface area contributed by atoms with Crippen molar-refractivity contribution in [2.75, 3.05) is 13.2 Å². The molecular formula is C21H22ClN3O4. The molecule has 5 rings (SSSR count). The molecule has 0 amide bonds. The number of fused-ring (bicyclic) bond motifs is 2. The number of hydrogen-bond donors (Lipinski definition) is 2. The van der Waals surface area contributed by atoms with Crippen LogP contribution in [0.3, 0.4) is 0 Å². The van der Waals surface area contributed by atoms with Crippen LogP contribution in [0.25, 0.3) is 11.2 Å². The van der Waals surface area contributed by atoms with Gasteiger partial charge < -0.3 is 24.3 Å². The number of aliphatic hydroxyl groups is 1. The number of pyridine rings is 1. The second-order valence-electron chi connectivity index (χ2n) is 7.49. The van der Waals surface area contributed by atoms with E-state index in [9.17, 15) is 5.11 Å². The number of aromatic amines is 1. The molecule has 2 aliphatic heterocycles. The zero-order valence-corrected chi connectivity index (χ0v) is 16.5. The lowest BCUT2D eigenvalue weighted by Gasteiger charge is -2.15. The van der Waals surface area contributed by atoms with Gasteiger partial charge in [0.05, 0.1) is 29.4 Å². The van der Waals surface area contributed by atoms with Crippen LogP contribution in [0.4, 0.5) is 0 Å². The predicted octanol–water partition coefficient (Wildman–Crippen LogP) is 2.69. The van der Waals surface area contributed by atoms with Crippen LogP contribution in [0, 0.1) is 0 Å². The van der Waals surface area contributed by atoms with Crippen molar-refractivity contribution in [2.45, 2.75) is 43.7 Å². The molecule has 0 aliphatic carbocycles. The second-order valence-corrected chi connectivity index (χ2v) is 7.90. The van der Waals surface area contributed by atoms with Crippen LogP contribution in [-0.2, 0) is 22.3 Å². The van der Waals surface area contributed by atoms with Crippen LogP contribution in [0.2, 0.25) is 5.02 Å². The van der Waals surface area contributed by atoms with Gasteiger partial charge in [0.15, 0.2) is 11.8 Å². The maximum atomic E-state index is 9.85. The minimum absolute atomic E-state index is 0.263. The van der Waals surface area contributed by atoms with Crippen LogP contribution in [0.5, 0.6) is 6.01 Å². The molecule has 2 fully saturated rings. The Hall–Kier alpha value is -2.19. The molecule has 2 N–H and O–H groups in total. The first-order valence-electron chi connectivity index (χ1n) is 9.84. The van der Waals surface area contributed by atoms with Gasteiger partial charge in [-0.05, 0) is 30.9 Å². The molecule has 1 aromatic carbocycles. The molecule has 7 nitrogen and oxygen atoms in total. The maximum Gasteiger partial charge on any atom is 0.296 e. The Morgan fingerprint density at radius 2 is 1.93 bits per heavy atom. The molecule has 29 heavy (non-hydrogen) atoms. The SMILES string of the molecule is O[C@@H]1CO[C@H]2[C@@H]1OC[C@H]2Oc1nc2nc(CCCc3ccccc3)c(Cl)cc2[nH]1. The topological polar surface area (TPSA) is 89.5 Å². The molecule has 8 heteroatoms. The normalized spacial score (nSPS) is 26.1. The van der Waals surface area contributed by atoms with Crippen molar-refractivity contribution < 1.29 is 19.3 Å². The molecule has 3 aromatic rings. The van der Waals surface area contributed by atoms with Crippen molar-refractivity contribution in [1.82, 2.24) is 15.0 Å². The molecule has 0 saturated carbocycles. The third kappa shape index (κ3) is 3.83. The first-order valence-corrected chi connectivity index (χ1v) is 10.2. The summed E-state index contributed by atoms with van der Waals surface area (Å²) < 4.78 is 17.1. The van der Waals surface area contributed by atoms with Crippen LogP contribution in [0.15, 0.2) is 36.4 Å². The number of H-pyrrole nitrogens is 1. The van der Waals surface area contributed by atoms with E-state index in [1.54, 1.807) is 0 Å². The molecular weight excluding hydrogens is 394 g/mol. The number of ether oxygens (including phenoxy) is 3. The van der Waals surface area contributed by atoms with Crippen LogP contribution in [0.1, 0.15) is 17.7 Å². The minimum atomic E-state index is -0.608. The smallest absolute Gasteiger partial charge is 0.296 e. The monoisotopic (exact) mass is 415 g/mol. The summed E-state index contributed by atoms with van der Waals surface area (Å²) in [4.78, 5) is 12.2. The number of aliphatic hydroxyl groups excluding tert-OH is 1. The van der Waals surface area contributed by atoms with Gasteiger partial charge in [-0.2, -0.15) is 4.98 Å². The zero-order chi connectivity index (χ0) is 19.8. The number of aryl methyl sites for hydroxylation is 2. The molecule has 2 saturated heterocycles. The van der Waals surface area contributed by atoms with E-state index in [0.29, 0.717) is 23.3 Å². The van der Waals surface area contributed by atoms with E-state index in [0.717, 1.165) is 30.5 Å². The summed E-state index contributed by atoms with van der Waals surface area (Å²) in [6, 6.07) is 12.6. The number of aromatic nitrogens is 3. The van der Waals surface area contributed by atoms with Crippen molar-refractivity contribution in [2.24, 2.45) is 0 Å². The van der Waals surface area contributed by atoms with Gasteiger partial charge in [0.2, 0.25) is 0 Å². The van der Waals surface area contributed by atoms with E-state index in [2.05, 4.69) is 27.1 Å². The van der Waals surface area contributed by atoms with Crippen LogP contribution in [-0.4, -0.2) is 57.7 Å². The number of hydrogen-bond acceptors (Lipinski definition) is 6. The fourth-order valence-corrected chi connectivity index (χ4v) is 4.20. The highest BCUT2D eigenvalue weighted by molar-refractivity contribution is 6.31. The number of nitrogens with one attached hydrogen (secondary N) is 1.